The molecule has 2 aromatic heterocycles. The molecule has 9 heteroatoms. The molecule has 0 radical (unpaired) electrons. The number of ether oxygens (including phenoxy) is 2. The molecule has 1 aliphatic heterocycles. The van der Waals surface area contributed by atoms with Gasteiger partial charge in [0.05, 0.1) is 32.1 Å². The van der Waals surface area contributed by atoms with Crippen molar-refractivity contribution in [1.29, 1.82) is 0 Å². The van der Waals surface area contributed by atoms with E-state index in [1.165, 1.54) is 6.07 Å². The molecule has 0 aliphatic carbocycles. The number of nitrogens with one attached hydrogen (secondary N) is 1. The molecule has 1 atom stereocenters. The average molecular weight is 536 g/mol. The largest absolute Gasteiger partial charge is 0.507 e. The normalized spacial score (nSPS) is 14.8. The molecular formula is C29H30ClN3O5. The van der Waals surface area contributed by atoms with E-state index in [-0.39, 0.29) is 18.2 Å². The number of fused-ring (bicyclic) bond motifs is 1. The third-order valence-electron chi connectivity index (χ3n) is 6.52. The summed E-state index contributed by atoms with van der Waals surface area (Å²) in [6.45, 7) is 7.50. The lowest BCUT2D eigenvalue weighted by Crippen LogP contribution is -2.29. The molecule has 5 rings (SSSR count). The van der Waals surface area contributed by atoms with Crippen molar-refractivity contribution >= 4 is 17.5 Å². The minimum atomic E-state index is -0.529. The number of hydrogen-bond donors (Lipinski definition) is 2. The zero-order valence-corrected chi connectivity index (χ0v) is 22.3. The molecule has 3 heterocycles. The van der Waals surface area contributed by atoms with Crippen molar-refractivity contribution in [2.24, 2.45) is 5.92 Å². The molecule has 8 nitrogen and oxygen atoms in total. The number of halogens is 1. The highest BCUT2D eigenvalue weighted by molar-refractivity contribution is 6.31. The molecule has 0 spiro atoms. The predicted molar refractivity (Wildman–Crippen MR) is 144 cm³/mol. The van der Waals surface area contributed by atoms with Crippen molar-refractivity contribution in [2.45, 2.75) is 39.8 Å². The minimum Gasteiger partial charge on any atom is -0.507 e. The second-order valence-corrected chi connectivity index (χ2v) is 10.0. The highest BCUT2D eigenvalue weighted by atomic mass is 35.5. The third-order valence-corrected chi connectivity index (χ3v) is 6.76. The number of carbonyl (C=O) groups excluding carboxylic acids is 1. The van der Waals surface area contributed by atoms with Crippen LogP contribution in [-0.2, 0) is 6.54 Å². The standard InChI is InChI=1S/C29H30ClN3O5/c1-4-36-24-14-18(7-10-23(24)38-13-11-17(2)3)28-25-26(21-15-19(30)8-9-22(21)34)31-32-27(25)29(35)33(28)16-20-6-5-12-37-20/h5-10,12,14-15,17,28,34H,4,11,13,16H2,1-3H3,(H,31,32). The maximum atomic E-state index is 13.7. The molecule has 1 aliphatic rings. The second-order valence-electron chi connectivity index (χ2n) is 9.61. The summed E-state index contributed by atoms with van der Waals surface area (Å²) in [6.07, 6.45) is 2.50. The number of phenolic OH excluding ortho intramolecular Hbond substituents is 1. The van der Waals surface area contributed by atoms with Crippen LogP contribution >= 0.6 is 11.6 Å². The lowest BCUT2D eigenvalue weighted by molar-refractivity contribution is 0.0716. The molecule has 198 valence electrons. The Hall–Kier alpha value is -3.91. The number of phenols is 1. The van der Waals surface area contributed by atoms with Crippen LogP contribution in [0, 0.1) is 5.92 Å². The van der Waals surface area contributed by atoms with E-state index in [1.54, 1.807) is 29.4 Å². The second kappa shape index (κ2) is 10.8. The van der Waals surface area contributed by atoms with Gasteiger partial charge in [0, 0.05) is 16.1 Å². The average Bonchev–Trinajstić information content (AvgIpc) is 3.61. The van der Waals surface area contributed by atoms with Crippen LogP contribution in [0.3, 0.4) is 0 Å². The van der Waals surface area contributed by atoms with Gasteiger partial charge in [-0.3, -0.25) is 9.89 Å². The number of amides is 1. The monoisotopic (exact) mass is 535 g/mol. The first-order chi connectivity index (χ1) is 18.4. The highest BCUT2D eigenvalue weighted by Gasteiger charge is 2.43. The van der Waals surface area contributed by atoms with Gasteiger partial charge in [-0.2, -0.15) is 5.10 Å². The summed E-state index contributed by atoms with van der Waals surface area (Å²) in [5.41, 5.74) is 2.70. The van der Waals surface area contributed by atoms with Gasteiger partial charge < -0.3 is 23.9 Å². The summed E-state index contributed by atoms with van der Waals surface area (Å²) in [4.78, 5) is 15.4. The minimum absolute atomic E-state index is 0.0169. The molecular weight excluding hydrogens is 506 g/mol. The van der Waals surface area contributed by atoms with Crippen LogP contribution in [0.4, 0.5) is 0 Å². The lowest BCUT2D eigenvalue weighted by Gasteiger charge is -2.26. The van der Waals surface area contributed by atoms with Gasteiger partial charge in [-0.1, -0.05) is 31.5 Å². The number of hydrogen-bond acceptors (Lipinski definition) is 6. The SMILES string of the molecule is CCOc1cc(C2c3c(-c4cc(Cl)ccc4O)n[nH]c3C(=O)N2Cc2ccco2)ccc1OCCC(C)C. The van der Waals surface area contributed by atoms with Crippen LogP contribution in [-0.4, -0.2) is 39.3 Å². The van der Waals surface area contributed by atoms with Crippen LogP contribution in [0.5, 0.6) is 17.2 Å². The number of rotatable bonds is 10. The van der Waals surface area contributed by atoms with Crippen molar-refractivity contribution in [2.75, 3.05) is 13.2 Å². The number of aromatic hydroxyl groups is 1. The van der Waals surface area contributed by atoms with Crippen LogP contribution < -0.4 is 9.47 Å². The predicted octanol–water partition coefficient (Wildman–Crippen LogP) is 6.60. The maximum absolute atomic E-state index is 13.7. The summed E-state index contributed by atoms with van der Waals surface area (Å²) >= 11 is 6.26. The van der Waals surface area contributed by atoms with Gasteiger partial charge in [-0.15, -0.1) is 0 Å². The zero-order valence-electron chi connectivity index (χ0n) is 21.5. The quantitative estimate of drug-likeness (QED) is 0.237. The van der Waals surface area contributed by atoms with Gasteiger partial charge in [0.1, 0.15) is 22.9 Å². The van der Waals surface area contributed by atoms with E-state index in [0.29, 0.717) is 63.9 Å². The van der Waals surface area contributed by atoms with Crippen LogP contribution in [0.15, 0.2) is 59.2 Å². The van der Waals surface area contributed by atoms with E-state index in [4.69, 9.17) is 25.5 Å². The van der Waals surface area contributed by atoms with E-state index in [2.05, 4.69) is 24.0 Å². The van der Waals surface area contributed by atoms with E-state index in [0.717, 1.165) is 12.0 Å². The van der Waals surface area contributed by atoms with Gasteiger partial charge in [-0.25, -0.2) is 0 Å². The first-order valence-electron chi connectivity index (χ1n) is 12.7. The molecule has 0 saturated heterocycles. The summed E-state index contributed by atoms with van der Waals surface area (Å²) in [7, 11) is 0. The zero-order chi connectivity index (χ0) is 26.8. The Balaban J connectivity index is 1.61. The summed E-state index contributed by atoms with van der Waals surface area (Å²) in [6, 6.07) is 13.6. The van der Waals surface area contributed by atoms with E-state index in [9.17, 15) is 9.90 Å². The van der Waals surface area contributed by atoms with Crippen LogP contribution in [0.2, 0.25) is 5.02 Å². The maximum Gasteiger partial charge on any atom is 0.273 e. The van der Waals surface area contributed by atoms with E-state index >= 15 is 0 Å². The molecule has 0 bridgehead atoms. The Kier molecular flexibility index (Phi) is 7.33. The Morgan fingerprint density at radius 1 is 1.16 bits per heavy atom. The van der Waals surface area contributed by atoms with E-state index < -0.39 is 6.04 Å². The van der Waals surface area contributed by atoms with Gasteiger partial charge in [0.15, 0.2) is 11.5 Å². The van der Waals surface area contributed by atoms with Gasteiger partial charge in [0.2, 0.25) is 0 Å². The summed E-state index contributed by atoms with van der Waals surface area (Å²) in [5.74, 6) is 2.21. The van der Waals surface area contributed by atoms with Crippen molar-refractivity contribution in [3.05, 3.63) is 82.4 Å². The Bertz CT molecular complexity index is 1430. The van der Waals surface area contributed by atoms with Gasteiger partial charge in [-0.05, 0) is 67.3 Å². The molecule has 1 amide bonds. The molecule has 0 fully saturated rings. The smallest absolute Gasteiger partial charge is 0.273 e. The van der Waals surface area contributed by atoms with Crippen molar-refractivity contribution in [1.82, 2.24) is 15.1 Å². The molecule has 0 saturated carbocycles. The van der Waals surface area contributed by atoms with Crippen molar-refractivity contribution in [3.8, 4) is 28.5 Å². The molecule has 4 aromatic rings. The topological polar surface area (TPSA) is 101 Å². The fraction of sp³-hybridized carbons (Fsp3) is 0.310. The summed E-state index contributed by atoms with van der Waals surface area (Å²) in [5, 5.41) is 18.4. The van der Waals surface area contributed by atoms with Crippen molar-refractivity contribution in [3.63, 3.8) is 0 Å². The highest BCUT2D eigenvalue weighted by Crippen LogP contribution is 2.47. The molecule has 2 aromatic carbocycles. The van der Waals surface area contributed by atoms with Gasteiger partial charge in [0.25, 0.3) is 5.91 Å². The Morgan fingerprint density at radius 3 is 2.74 bits per heavy atom. The number of carbonyl (C=O) groups is 1. The number of nitrogens with zero attached hydrogens (tertiary/aromatic N) is 2. The number of aromatic nitrogens is 2. The first-order valence-corrected chi connectivity index (χ1v) is 13.0. The molecule has 2 N–H and O–H groups in total. The fourth-order valence-electron chi connectivity index (χ4n) is 4.67. The van der Waals surface area contributed by atoms with Crippen LogP contribution in [0.25, 0.3) is 11.3 Å². The fourth-order valence-corrected chi connectivity index (χ4v) is 4.84. The van der Waals surface area contributed by atoms with E-state index in [1.807, 2.05) is 31.2 Å². The number of aromatic amines is 1. The van der Waals surface area contributed by atoms with Gasteiger partial charge >= 0.3 is 0 Å². The molecule has 1 unspecified atom stereocenters. The first kappa shape index (κ1) is 25.7. The lowest BCUT2D eigenvalue weighted by atomic mass is 9.95. The number of benzene rings is 2. The van der Waals surface area contributed by atoms with Crippen molar-refractivity contribution < 1.29 is 23.8 Å². The third kappa shape index (κ3) is 4.96. The number of furan rings is 1. The number of H-pyrrole nitrogens is 1. The van der Waals surface area contributed by atoms with Crippen LogP contribution in [0.1, 0.15) is 60.6 Å². The summed E-state index contributed by atoms with van der Waals surface area (Å²) < 4.78 is 17.6. The Labute approximate surface area is 226 Å². The molecule has 38 heavy (non-hydrogen) atoms. The Morgan fingerprint density at radius 2 is 2.00 bits per heavy atom.